The van der Waals surface area contributed by atoms with E-state index in [0.717, 1.165) is 10.6 Å². The van der Waals surface area contributed by atoms with E-state index in [4.69, 9.17) is 0 Å². The average molecular weight is 490 g/mol. The summed E-state index contributed by atoms with van der Waals surface area (Å²) in [6, 6.07) is 8.06. The zero-order valence-corrected chi connectivity index (χ0v) is 18.7. The van der Waals surface area contributed by atoms with E-state index in [1.807, 2.05) is 39.0 Å². The lowest BCUT2D eigenvalue weighted by Crippen LogP contribution is -2.48. The second-order valence-electron chi connectivity index (χ2n) is 6.56. The van der Waals surface area contributed by atoms with Crippen LogP contribution in [0.3, 0.4) is 0 Å². The second kappa shape index (κ2) is 10.5. The monoisotopic (exact) mass is 490 g/mol. The highest BCUT2D eigenvalue weighted by atomic mass is 127. The van der Waals surface area contributed by atoms with Crippen molar-refractivity contribution in [3.63, 3.8) is 0 Å². The van der Waals surface area contributed by atoms with E-state index in [-0.39, 0.29) is 42.0 Å². The molecule has 7 nitrogen and oxygen atoms in total. The number of amides is 1. The molecule has 0 unspecified atom stereocenters. The maximum atomic E-state index is 11.8. The van der Waals surface area contributed by atoms with E-state index in [1.54, 1.807) is 18.4 Å². The Morgan fingerprint density at radius 3 is 2.58 bits per heavy atom. The summed E-state index contributed by atoms with van der Waals surface area (Å²) in [5.74, 6) is 0.526. The number of hydrogen-bond acceptors (Lipinski definition) is 5. The Bertz CT molecular complexity index is 707. The summed E-state index contributed by atoms with van der Waals surface area (Å²) < 4.78 is 1.17. The van der Waals surface area contributed by atoms with Crippen LogP contribution < -0.4 is 21.3 Å². The lowest BCUT2D eigenvalue weighted by atomic mass is 10.1. The van der Waals surface area contributed by atoms with Crippen molar-refractivity contribution in [1.29, 1.82) is 0 Å². The van der Waals surface area contributed by atoms with E-state index in [9.17, 15) is 4.79 Å². The number of rotatable bonds is 6. The normalized spacial score (nSPS) is 11.6. The molecule has 0 aliphatic rings. The smallest absolute Gasteiger partial charge is 0.239 e. The number of hydrogen-bond donors (Lipinski definition) is 4. The zero-order chi connectivity index (χ0) is 18.3. The van der Waals surface area contributed by atoms with Crippen LogP contribution in [0.25, 0.3) is 10.2 Å². The summed E-state index contributed by atoms with van der Waals surface area (Å²) in [5, 5.41) is 13.3. The Kier molecular flexibility index (Phi) is 9.06. The molecule has 0 bridgehead atoms. The third kappa shape index (κ3) is 7.73. The van der Waals surface area contributed by atoms with Gasteiger partial charge in [0.2, 0.25) is 5.91 Å². The van der Waals surface area contributed by atoms with Crippen molar-refractivity contribution < 1.29 is 4.79 Å². The summed E-state index contributed by atoms with van der Waals surface area (Å²) in [5.41, 5.74) is 0.766. The van der Waals surface area contributed by atoms with Gasteiger partial charge in [0.05, 0.1) is 16.8 Å². The molecule has 1 amide bonds. The van der Waals surface area contributed by atoms with Gasteiger partial charge in [-0.25, -0.2) is 4.98 Å². The van der Waals surface area contributed by atoms with Crippen LogP contribution in [0.1, 0.15) is 20.8 Å². The number of nitrogens with one attached hydrogen (secondary N) is 4. The number of halogens is 1. The highest BCUT2D eigenvalue weighted by molar-refractivity contribution is 14.0. The fraction of sp³-hybridized carbons (Fsp3) is 0.471. The number of aromatic nitrogens is 1. The minimum Gasteiger partial charge on any atom is -0.360 e. The minimum atomic E-state index is -0.239. The SMILES string of the molecule is CN=C(NCCNc1nc2ccccc2s1)NCC(=O)NC(C)(C)C.I. The van der Waals surface area contributed by atoms with Gasteiger partial charge < -0.3 is 21.3 Å². The third-order valence-corrected chi connectivity index (χ3v) is 4.14. The molecule has 1 heterocycles. The maximum absolute atomic E-state index is 11.8. The molecule has 0 aliphatic heterocycles. The fourth-order valence-corrected chi connectivity index (χ4v) is 3.04. The van der Waals surface area contributed by atoms with Crippen LogP contribution in [0.4, 0.5) is 5.13 Å². The van der Waals surface area contributed by atoms with Gasteiger partial charge in [-0.2, -0.15) is 0 Å². The molecule has 2 aromatic rings. The number of para-hydroxylation sites is 1. The van der Waals surface area contributed by atoms with Crippen molar-refractivity contribution in [3.8, 4) is 0 Å². The van der Waals surface area contributed by atoms with Gasteiger partial charge in [-0.15, -0.1) is 24.0 Å². The van der Waals surface area contributed by atoms with Gasteiger partial charge in [-0.1, -0.05) is 23.5 Å². The van der Waals surface area contributed by atoms with Crippen molar-refractivity contribution in [1.82, 2.24) is 20.9 Å². The van der Waals surface area contributed by atoms with Crippen LogP contribution in [0, 0.1) is 0 Å². The Hall–Kier alpha value is -1.62. The number of nitrogens with zero attached hydrogens (tertiary/aromatic N) is 2. The Morgan fingerprint density at radius 1 is 1.19 bits per heavy atom. The van der Waals surface area contributed by atoms with Gasteiger partial charge in [0, 0.05) is 25.7 Å². The fourth-order valence-electron chi connectivity index (χ4n) is 2.15. The number of benzene rings is 1. The summed E-state index contributed by atoms with van der Waals surface area (Å²) in [4.78, 5) is 20.4. The van der Waals surface area contributed by atoms with Crippen LogP contribution in [0.5, 0.6) is 0 Å². The first kappa shape index (κ1) is 22.4. The van der Waals surface area contributed by atoms with Gasteiger partial charge in [-0.3, -0.25) is 9.79 Å². The number of aliphatic imine (C=N–C) groups is 1. The van der Waals surface area contributed by atoms with Crippen LogP contribution >= 0.6 is 35.3 Å². The van der Waals surface area contributed by atoms with E-state index in [1.165, 1.54) is 4.70 Å². The van der Waals surface area contributed by atoms with E-state index in [2.05, 4.69) is 37.3 Å². The van der Waals surface area contributed by atoms with E-state index in [0.29, 0.717) is 19.0 Å². The molecule has 26 heavy (non-hydrogen) atoms. The summed E-state index contributed by atoms with van der Waals surface area (Å²) in [6.45, 7) is 7.40. The molecule has 1 aromatic carbocycles. The number of carbonyl (C=O) groups excluding carboxylic acids is 1. The van der Waals surface area contributed by atoms with E-state index >= 15 is 0 Å². The molecule has 0 fully saturated rings. The lowest BCUT2D eigenvalue weighted by Gasteiger charge is -2.21. The third-order valence-electron chi connectivity index (χ3n) is 3.14. The van der Waals surface area contributed by atoms with Crippen LogP contribution in [-0.2, 0) is 4.79 Å². The van der Waals surface area contributed by atoms with Crippen LogP contribution in [0.15, 0.2) is 29.3 Å². The van der Waals surface area contributed by atoms with Crippen molar-refractivity contribution >= 4 is 62.5 Å². The molecule has 0 aliphatic carbocycles. The molecule has 4 N–H and O–H groups in total. The van der Waals surface area contributed by atoms with Gasteiger partial charge >= 0.3 is 0 Å². The van der Waals surface area contributed by atoms with Gasteiger partial charge in [0.15, 0.2) is 11.1 Å². The highest BCUT2D eigenvalue weighted by Crippen LogP contribution is 2.24. The topological polar surface area (TPSA) is 90.4 Å². The Labute approximate surface area is 175 Å². The van der Waals surface area contributed by atoms with Crippen molar-refractivity contribution in [2.24, 2.45) is 4.99 Å². The Morgan fingerprint density at radius 2 is 1.92 bits per heavy atom. The van der Waals surface area contributed by atoms with Gasteiger partial charge in [0.25, 0.3) is 0 Å². The van der Waals surface area contributed by atoms with Gasteiger partial charge in [0.1, 0.15) is 0 Å². The van der Waals surface area contributed by atoms with Crippen molar-refractivity contribution in [3.05, 3.63) is 24.3 Å². The van der Waals surface area contributed by atoms with Crippen molar-refractivity contribution in [2.75, 3.05) is 32.0 Å². The largest absolute Gasteiger partial charge is 0.360 e. The average Bonchev–Trinajstić information content (AvgIpc) is 2.95. The number of anilines is 1. The standard InChI is InChI=1S/C17H26N6OS.HI/c1-17(2,3)23-14(24)11-21-15(18-4)19-9-10-20-16-22-12-7-5-6-8-13(12)25-16;/h5-8H,9-11H2,1-4H3,(H,20,22)(H,23,24)(H2,18,19,21);1H. The molecular formula is C17H27IN6OS. The second-order valence-corrected chi connectivity index (χ2v) is 7.59. The first-order chi connectivity index (χ1) is 11.9. The summed E-state index contributed by atoms with van der Waals surface area (Å²) in [6.07, 6.45) is 0. The van der Waals surface area contributed by atoms with Crippen molar-refractivity contribution in [2.45, 2.75) is 26.3 Å². The molecule has 9 heteroatoms. The first-order valence-electron chi connectivity index (χ1n) is 8.22. The molecule has 0 saturated heterocycles. The quantitative estimate of drug-likeness (QED) is 0.216. The molecule has 1 aromatic heterocycles. The number of thiazole rings is 1. The molecule has 0 saturated carbocycles. The van der Waals surface area contributed by atoms with E-state index < -0.39 is 0 Å². The lowest BCUT2D eigenvalue weighted by molar-refractivity contribution is -0.121. The molecule has 144 valence electrons. The van der Waals surface area contributed by atoms with Gasteiger partial charge in [-0.05, 0) is 32.9 Å². The minimum absolute atomic E-state index is 0. The highest BCUT2D eigenvalue weighted by Gasteiger charge is 2.13. The van der Waals surface area contributed by atoms with Crippen LogP contribution in [-0.4, -0.2) is 49.1 Å². The maximum Gasteiger partial charge on any atom is 0.239 e. The summed E-state index contributed by atoms with van der Waals surface area (Å²) in [7, 11) is 1.68. The molecule has 0 radical (unpaired) electrons. The molecule has 0 spiro atoms. The predicted molar refractivity (Wildman–Crippen MR) is 121 cm³/mol. The number of guanidine groups is 1. The molecule has 0 atom stereocenters. The number of fused-ring (bicyclic) bond motifs is 1. The predicted octanol–water partition coefficient (Wildman–Crippen LogP) is 2.41. The van der Waals surface area contributed by atoms with Crippen LogP contribution in [0.2, 0.25) is 0 Å². The Balaban J connectivity index is 0.00000338. The molecular weight excluding hydrogens is 463 g/mol. The first-order valence-corrected chi connectivity index (χ1v) is 9.04. The number of carbonyl (C=O) groups is 1. The summed E-state index contributed by atoms with van der Waals surface area (Å²) >= 11 is 1.63. The molecule has 2 rings (SSSR count). The zero-order valence-electron chi connectivity index (χ0n) is 15.5.